The molecule has 0 radical (unpaired) electrons. The quantitative estimate of drug-likeness (QED) is 0.880. The Morgan fingerprint density at radius 3 is 2.30 bits per heavy atom. The second-order valence-electron chi connectivity index (χ2n) is 4.45. The summed E-state index contributed by atoms with van der Waals surface area (Å²) in [6, 6.07) is 15.1. The maximum Gasteiger partial charge on any atom is 0.333 e. The predicted molar refractivity (Wildman–Crippen MR) is 72.8 cm³/mol. The molecule has 2 aromatic carbocycles. The molecule has 0 aliphatic rings. The van der Waals surface area contributed by atoms with E-state index in [9.17, 15) is 9.18 Å². The van der Waals surface area contributed by atoms with Gasteiger partial charge in [-0.2, -0.15) is 0 Å². The van der Waals surface area contributed by atoms with Crippen LogP contribution in [0.3, 0.4) is 0 Å². The molecular weight excluding hydrogens is 259 g/mol. The SMILES string of the molecule is O=C(O)C(Cc1ccc(F)cc1)OCc1ccccc1. The van der Waals surface area contributed by atoms with Gasteiger partial charge < -0.3 is 9.84 Å². The first-order valence-electron chi connectivity index (χ1n) is 6.28. The zero-order valence-electron chi connectivity index (χ0n) is 10.8. The standard InChI is InChI=1S/C16H15FO3/c17-14-8-6-12(7-9-14)10-15(16(18)19)20-11-13-4-2-1-3-5-13/h1-9,15H,10-11H2,(H,18,19). The molecule has 0 fully saturated rings. The van der Waals surface area contributed by atoms with Gasteiger partial charge in [0.15, 0.2) is 6.10 Å². The van der Waals surface area contributed by atoms with Crippen molar-refractivity contribution in [1.82, 2.24) is 0 Å². The number of hydrogen-bond donors (Lipinski definition) is 1. The van der Waals surface area contributed by atoms with Crippen LogP contribution in [0.4, 0.5) is 4.39 Å². The Bertz CT molecular complexity index is 552. The van der Waals surface area contributed by atoms with Crippen LogP contribution in [-0.4, -0.2) is 17.2 Å². The van der Waals surface area contributed by atoms with E-state index in [1.165, 1.54) is 12.1 Å². The van der Waals surface area contributed by atoms with E-state index in [4.69, 9.17) is 9.84 Å². The molecule has 0 aromatic heterocycles. The molecule has 0 heterocycles. The molecule has 3 nitrogen and oxygen atoms in total. The highest BCUT2D eigenvalue weighted by Crippen LogP contribution is 2.11. The lowest BCUT2D eigenvalue weighted by atomic mass is 10.1. The Labute approximate surface area is 116 Å². The highest BCUT2D eigenvalue weighted by molar-refractivity contribution is 5.72. The largest absolute Gasteiger partial charge is 0.479 e. The van der Waals surface area contributed by atoms with Gasteiger partial charge in [-0.1, -0.05) is 42.5 Å². The second-order valence-corrected chi connectivity index (χ2v) is 4.45. The molecule has 0 aliphatic heterocycles. The number of halogens is 1. The summed E-state index contributed by atoms with van der Waals surface area (Å²) in [5, 5.41) is 9.17. The van der Waals surface area contributed by atoms with Crippen molar-refractivity contribution in [3.8, 4) is 0 Å². The summed E-state index contributed by atoms with van der Waals surface area (Å²) in [6.45, 7) is 0.235. The third-order valence-electron chi connectivity index (χ3n) is 2.90. The number of aliphatic carboxylic acids is 1. The smallest absolute Gasteiger partial charge is 0.333 e. The molecule has 0 saturated heterocycles. The molecular formula is C16H15FO3. The van der Waals surface area contributed by atoms with Crippen LogP contribution >= 0.6 is 0 Å². The number of ether oxygens (including phenoxy) is 1. The average molecular weight is 274 g/mol. The molecule has 2 aromatic rings. The van der Waals surface area contributed by atoms with E-state index in [2.05, 4.69) is 0 Å². The zero-order valence-corrected chi connectivity index (χ0v) is 10.8. The van der Waals surface area contributed by atoms with Gasteiger partial charge in [0.05, 0.1) is 6.61 Å². The fourth-order valence-corrected chi connectivity index (χ4v) is 1.82. The van der Waals surface area contributed by atoms with Gasteiger partial charge in [0.25, 0.3) is 0 Å². The zero-order chi connectivity index (χ0) is 14.4. The summed E-state index contributed by atoms with van der Waals surface area (Å²) in [4.78, 5) is 11.2. The van der Waals surface area contributed by atoms with Crippen LogP contribution in [0.15, 0.2) is 54.6 Å². The molecule has 1 atom stereocenters. The molecule has 0 aliphatic carbocycles. The summed E-state index contributed by atoms with van der Waals surface area (Å²) in [5.41, 5.74) is 1.64. The third kappa shape index (κ3) is 4.17. The minimum atomic E-state index is -1.02. The van der Waals surface area contributed by atoms with E-state index >= 15 is 0 Å². The van der Waals surface area contributed by atoms with Crippen molar-refractivity contribution in [3.05, 3.63) is 71.5 Å². The summed E-state index contributed by atoms with van der Waals surface area (Å²) >= 11 is 0. The van der Waals surface area contributed by atoms with Crippen LogP contribution in [0.25, 0.3) is 0 Å². The predicted octanol–water partition coefficient (Wildman–Crippen LogP) is 3.04. The Hall–Kier alpha value is -2.20. The van der Waals surface area contributed by atoms with Crippen LogP contribution in [-0.2, 0) is 22.6 Å². The molecule has 4 heteroatoms. The number of carbonyl (C=O) groups is 1. The molecule has 1 unspecified atom stereocenters. The Kier molecular flexibility index (Phi) is 4.85. The van der Waals surface area contributed by atoms with E-state index < -0.39 is 12.1 Å². The summed E-state index contributed by atoms with van der Waals surface area (Å²) in [6.07, 6.45) is -0.733. The number of benzene rings is 2. The first-order chi connectivity index (χ1) is 9.65. The van der Waals surface area contributed by atoms with Gasteiger partial charge in [-0.15, -0.1) is 0 Å². The molecule has 0 saturated carbocycles. The van der Waals surface area contributed by atoms with Gasteiger partial charge in [-0.25, -0.2) is 9.18 Å². The Balaban J connectivity index is 1.97. The van der Waals surface area contributed by atoms with Crippen molar-refractivity contribution in [2.75, 3.05) is 0 Å². The lowest BCUT2D eigenvalue weighted by Crippen LogP contribution is -2.26. The van der Waals surface area contributed by atoms with E-state index in [0.29, 0.717) is 0 Å². The lowest BCUT2D eigenvalue weighted by Gasteiger charge is -2.14. The van der Waals surface area contributed by atoms with Gasteiger partial charge in [0.1, 0.15) is 5.82 Å². The van der Waals surface area contributed by atoms with Gasteiger partial charge in [0, 0.05) is 6.42 Å². The minimum Gasteiger partial charge on any atom is -0.479 e. The van der Waals surface area contributed by atoms with Crippen LogP contribution < -0.4 is 0 Å². The average Bonchev–Trinajstić information content (AvgIpc) is 2.46. The van der Waals surface area contributed by atoms with E-state index in [1.54, 1.807) is 12.1 Å². The summed E-state index contributed by atoms with van der Waals surface area (Å²) in [7, 11) is 0. The fourth-order valence-electron chi connectivity index (χ4n) is 1.82. The van der Waals surface area contributed by atoms with Gasteiger partial charge in [-0.3, -0.25) is 0 Å². The van der Waals surface area contributed by atoms with Crippen LogP contribution in [0, 0.1) is 5.82 Å². The van der Waals surface area contributed by atoms with Crippen molar-refractivity contribution in [3.63, 3.8) is 0 Å². The molecule has 0 bridgehead atoms. The maximum atomic E-state index is 12.8. The van der Waals surface area contributed by atoms with Crippen molar-refractivity contribution in [1.29, 1.82) is 0 Å². The van der Waals surface area contributed by atoms with E-state index in [-0.39, 0.29) is 18.8 Å². The summed E-state index contributed by atoms with van der Waals surface area (Å²) < 4.78 is 18.2. The van der Waals surface area contributed by atoms with Crippen molar-refractivity contribution in [2.45, 2.75) is 19.1 Å². The first-order valence-corrected chi connectivity index (χ1v) is 6.28. The number of carboxylic acid groups (broad SMARTS) is 1. The van der Waals surface area contributed by atoms with E-state index in [0.717, 1.165) is 11.1 Å². The monoisotopic (exact) mass is 274 g/mol. The van der Waals surface area contributed by atoms with Crippen LogP contribution in [0.1, 0.15) is 11.1 Å². The van der Waals surface area contributed by atoms with Crippen molar-refractivity contribution < 1.29 is 19.0 Å². The second kappa shape index (κ2) is 6.82. The molecule has 20 heavy (non-hydrogen) atoms. The topological polar surface area (TPSA) is 46.5 Å². The highest BCUT2D eigenvalue weighted by atomic mass is 19.1. The van der Waals surface area contributed by atoms with Crippen molar-refractivity contribution in [2.24, 2.45) is 0 Å². The van der Waals surface area contributed by atoms with Crippen LogP contribution in [0.2, 0.25) is 0 Å². The highest BCUT2D eigenvalue weighted by Gasteiger charge is 2.18. The normalized spacial score (nSPS) is 12.1. The fraction of sp³-hybridized carbons (Fsp3) is 0.188. The number of carboxylic acids is 1. The number of hydrogen-bond acceptors (Lipinski definition) is 2. The van der Waals surface area contributed by atoms with Crippen LogP contribution in [0.5, 0.6) is 0 Å². The summed E-state index contributed by atoms with van der Waals surface area (Å²) in [5.74, 6) is -1.36. The van der Waals surface area contributed by atoms with Gasteiger partial charge >= 0.3 is 5.97 Å². The third-order valence-corrected chi connectivity index (χ3v) is 2.90. The van der Waals surface area contributed by atoms with Gasteiger partial charge in [0.2, 0.25) is 0 Å². The molecule has 2 rings (SSSR count). The first kappa shape index (κ1) is 14.2. The maximum absolute atomic E-state index is 12.8. The minimum absolute atomic E-state index is 0.211. The molecule has 0 amide bonds. The molecule has 1 N–H and O–H groups in total. The van der Waals surface area contributed by atoms with E-state index in [1.807, 2.05) is 30.3 Å². The van der Waals surface area contributed by atoms with Gasteiger partial charge in [-0.05, 0) is 23.3 Å². The molecule has 0 spiro atoms. The Morgan fingerprint density at radius 1 is 1.05 bits per heavy atom. The molecule has 104 valence electrons. The van der Waals surface area contributed by atoms with Crippen molar-refractivity contribution >= 4 is 5.97 Å². The lowest BCUT2D eigenvalue weighted by molar-refractivity contribution is -0.151. The number of rotatable bonds is 6. The Morgan fingerprint density at radius 2 is 1.70 bits per heavy atom.